The predicted molar refractivity (Wildman–Crippen MR) is 378 cm³/mol. The Hall–Kier alpha value is -8.54. The van der Waals surface area contributed by atoms with E-state index in [0.29, 0.717) is 17.4 Å². The summed E-state index contributed by atoms with van der Waals surface area (Å²) in [5, 5.41) is 4.84. The number of nitrogens with zero attached hydrogens (tertiary/aromatic N) is 4. The summed E-state index contributed by atoms with van der Waals surface area (Å²) in [5.41, 5.74) is 22.4. The lowest BCUT2D eigenvalue weighted by atomic mass is 9.33. The Morgan fingerprint density at radius 2 is 0.899 bits per heavy atom. The first-order valence-corrected chi connectivity index (χ1v) is 34.0. The van der Waals surface area contributed by atoms with Crippen LogP contribution in [0.3, 0.4) is 0 Å². The molecule has 0 saturated heterocycles. The number of para-hydroxylation sites is 4. The fourth-order valence-electron chi connectivity index (χ4n) is 18.7. The maximum atomic E-state index is 10.1. The van der Waals surface area contributed by atoms with Crippen molar-refractivity contribution in [3.05, 3.63) is 247 Å². The van der Waals surface area contributed by atoms with Crippen LogP contribution in [0.5, 0.6) is 0 Å². The van der Waals surface area contributed by atoms with Gasteiger partial charge in [0.05, 0.1) is 41.0 Å². The van der Waals surface area contributed by atoms with Gasteiger partial charge in [-0.2, -0.15) is 0 Å². The van der Waals surface area contributed by atoms with Crippen LogP contribution in [0.2, 0.25) is 0 Å². The average molecular weight is 1160 g/mol. The molecule has 2 aliphatic heterocycles. The summed E-state index contributed by atoms with van der Waals surface area (Å²) < 4.78 is 53.2. The second-order valence-corrected chi connectivity index (χ2v) is 27.0. The molecule has 8 aliphatic rings. The first kappa shape index (κ1) is 48.4. The van der Waals surface area contributed by atoms with Crippen molar-refractivity contribution in [3.63, 3.8) is 0 Å². The number of benzene rings is 8. The van der Waals surface area contributed by atoms with Crippen molar-refractivity contribution in [1.29, 1.82) is 0 Å². The molecule has 10 aromatic rings. The maximum absolute atomic E-state index is 10.1. The van der Waals surface area contributed by atoms with Gasteiger partial charge in [-0.1, -0.05) is 175 Å². The third kappa shape index (κ3) is 8.60. The standard InChI is InChI=1S/C84H79BN4/c1-8-28-56(29-9-1)61-54-76-80-77(55-61)89(82-66(59-34-14-4-15-35-59)46-27-47-67(82)60-36-16-5-17-37-60)84-71(51-53-75-79(84)69-43-23-25-49-73(69)87(75)63-40-20-7-21-41-63)85(80)70-50-52-74-78(68-42-22-24-48-72(68)86(74)62-38-18-6-19-39-62)83(70)88(76)81-64(57-30-10-2-11-31-57)44-26-45-65(81)58-32-12-3-13-33-58/h1-2,4,6-10,14,18-25,28-29,32,36,38-44,46,48-55,57,59,65,67,81-82H,3,5,11-13,15-17,26-27,30-31,33-35,37,45,47H2/i1D,8D,9D,28D,29D. The zero-order chi connectivity index (χ0) is 62.9. The average Bonchev–Trinajstić information content (AvgIpc) is 1.15. The number of fused-ring (bicyclic) bond motifs is 12. The van der Waals surface area contributed by atoms with E-state index < -0.39 is 0 Å². The van der Waals surface area contributed by atoms with Crippen LogP contribution in [-0.2, 0) is 0 Å². The van der Waals surface area contributed by atoms with E-state index in [1.165, 1.54) is 86.1 Å². The smallest absolute Gasteiger partial charge is 0.252 e. The van der Waals surface area contributed by atoms with Gasteiger partial charge in [-0.15, -0.1) is 0 Å². The second-order valence-electron chi connectivity index (χ2n) is 27.0. The topological polar surface area (TPSA) is 16.3 Å². The Balaban J connectivity index is 1.05. The third-order valence-corrected chi connectivity index (χ3v) is 22.4. The van der Waals surface area contributed by atoms with Crippen LogP contribution in [-0.4, -0.2) is 27.9 Å². The highest BCUT2D eigenvalue weighted by Crippen LogP contribution is 2.56. The van der Waals surface area contributed by atoms with E-state index in [-0.39, 0.29) is 66.4 Å². The minimum absolute atomic E-state index is 0.0846. The monoisotopic (exact) mass is 1160 g/mol. The van der Waals surface area contributed by atoms with Gasteiger partial charge in [-0.25, -0.2) is 0 Å². The molecule has 0 spiro atoms. The molecular weight excluding hydrogens is 1080 g/mol. The van der Waals surface area contributed by atoms with Crippen LogP contribution in [0.25, 0.3) is 66.1 Å². The molecule has 18 rings (SSSR count). The summed E-state index contributed by atoms with van der Waals surface area (Å²) >= 11 is 0. The molecule has 0 radical (unpaired) electrons. The predicted octanol–water partition coefficient (Wildman–Crippen LogP) is 20.1. The van der Waals surface area contributed by atoms with Crippen LogP contribution in [0.4, 0.5) is 22.7 Å². The molecule has 6 unspecified atom stereocenters. The first-order valence-electron chi connectivity index (χ1n) is 36.5. The highest BCUT2D eigenvalue weighted by molar-refractivity contribution is 7.00. The zero-order valence-corrected chi connectivity index (χ0v) is 51.0. The van der Waals surface area contributed by atoms with Gasteiger partial charge in [0.25, 0.3) is 6.71 Å². The number of anilines is 4. The Bertz CT molecular complexity index is 4650. The largest absolute Gasteiger partial charge is 0.334 e. The molecule has 6 atom stereocenters. The van der Waals surface area contributed by atoms with Crippen molar-refractivity contribution in [3.8, 4) is 22.5 Å². The molecule has 89 heavy (non-hydrogen) atoms. The van der Waals surface area contributed by atoms with Crippen LogP contribution in [0.15, 0.2) is 247 Å². The lowest BCUT2D eigenvalue weighted by Crippen LogP contribution is -2.65. The van der Waals surface area contributed by atoms with Crippen LogP contribution >= 0.6 is 0 Å². The molecule has 5 heteroatoms. The summed E-state index contributed by atoms with van der Waals surface area (Å²) in [6, 6.07) is 53.2. The van der Waals surface area contributed by atoms with E-state index in [1.807, 2.05) is 0 Å². The Morgan fingerprint density at radius 1 is 0.416 bits per heavy atom. The zero-order valence-electron chi connectivity index (χ0n) is 56.0. The summed E-state index contributed by atoms with van der Waals surface area (Å²) in [5.74, 6) is 1.09. The van der Waals surface area contributed by atoms with Crippen LogP contribution in [0.1, 0.15) is 122 Å². The quantitative estimate of drug-likeness (QED) is 0.106. The van der Waals surface area contributed by atoms with Crippen molar-refractivity contribution in [2.75, 3.05) is 9.80 Å². The van der Waals surface area contributed by atoms with Gasteiger partial charge in [-0.3, -0.25) is 0 Å². The van der Waals surface area contributed by atoms with Crippen molar-refractivity contribution >= 4 is 89.5 Å². The second kappa shape index (κ2) is 22.2. The van der Waals surface area contributed by atoms with Gasteiger partial charge in [0.1, 0.15) is 0 Å². The SMILES string of the molecule is [2H]c1c([2H])c([2H])c(-c2cc3c4c(c2)N(C2C(C5CC=CCC5)=CCCC2C2=CCCCC2)c2c(ccc5c2c2ccccc2n5-c2ccccc2)B4c2ccc4c(c2N3C2C(C3CC=CCC3)=CCCC2C2=CCCCC2)c2ccccc2n4-c2ccccc2)c([2H])c1[2H]. The molecule has 0 bridgehead atoms. The molecule has 4 nitrogen and oxygen atoms in total. The maximum Gasteiger partial charge on any atom is 0.252 e. The fraction of sp³-hybridized carbons (Fsp3) is 0.286. The highest BCUT2D eigenvalue weighted by Gasteiger charge is 2.52. The van der Waals surface area contributed by atoms with E-state index in [0.717, 1.165) is 135 Å². The molecule has 6 aliphatic carbocycles. The van der Waals surface area contributed by atoms with Gasteiger partial charge in [-0.05, 0) is 227 Å². The molecular formula is C84H79BN4. The minimum Gasteiger partial charge on any atom is -0.334 e. The number of rotatable bonds is 9. The van der Waals surface area contributed by atoms with E-state index >= 15 is 0 Å². The normalized spacial score (nSPS) is 24.0. The minimum atomic E-state index is -0.372. The molecule has 2 aromatic heterocycles. The van der Waals surface area contributed by atoms with Gasteiger partial charge < -0.3 is 18.9 Å². The number of allylic oxidation sites excluding steroid dienone is 8. The summed E-state index contributed by atoms with van der Waals surface area (Å²) in [7, 11) is 0. The van der Waals surface area contributed by atoms with E-state index in [2.05, 4.69) is 213 Å². The van der Waals surface area contributed by atoms with Crippen LogP contribution < -0.4 is 26.2 Å². The number of hydrogen-bond donors (Lipinski definition) is 0. The van der Waals surface area contributed by atoms with Crippen molar-refractivity contribution < 1.29 is 6.85 Å². The molecule has 0 N–H and O–H groups in total. The van der Waals surface area contributed by atoms with Gasteiger partial charge >= 0.3 is 0 Å². The number of hydrogen-bond acceptors (Lipinski definition) is 2. The molecule has 8 aromatic carbocycles. The molecule has 438 valence electrons. The number of aromatic nitrogens is 2. The Kier molecular flexibility index (Phi) is 12.1. The van der Waals surface area contributed by atoms with E-state index in [9.17, 15) is 5.48 Å². The molecule has 0 saturated carbocycles. The van der Waals surface area contributed by atoms with Crippen LogP contribution in [0, 0.1) is 23.7 Å². The van der Waals surface area contributed by atoms with E-state index in [1.54, 1.807) is 11.1 Å². The van der Waals surface area contributed by atoms with Crippen molar-refractivity contribution in [1.82, 2.24) is 9.13 Å². The van der Waals surface area contributed by atoms with Gasteiger partial charge in [0.2, 0.25) is 0 Å². The lowest BCUT2D eigenvalue weighted by Gasteiger charge is -2.53. The summed E-state index contributed by atoms with van der Waals surface area (Å²) in [6.45, 7) is -0.273. The highest BCUT2D eigenvalue weighted by atomic mass is 15.2. The fourth-order valence-corrected chi connectivity index (χ4v) is 18.7. The van der Waals surface area contributed by atoms with E-state index in [4.69, 9.17) is 1.37 Å². The van der Waals surface area contributed by atoms with Gasteiger partial charge in [0, 0.05) is 67.5 Å². The first-order chi connectivity index (χ1) is 46.3. The molecule has 0 amide bonds. The van der Waals surface area contributed by atoms with Crippen molar-refractivity contribution in [2.45, 2.75) is 128 Å². The lowest BCUT2D eigenvalue weighted by molar-refractivity contribution is 0.392. The van der Waals surface area contributed by atoms with Gasteiger partial charge in [0.15, 0.2) is 0 Å². The van der Waals surface area contributed by atoms with Crippen molar-refractivity contribution in [2.24, 2.45) is 23.7 Å². The summed E-state index contributed by atoms with van der Waals surface area (Å²) in [4.78, 5) is 5.76. The summed E-state index contributed by atoms with van der Waals surface area (Å²) in [6.07, 6.45) is 39.8. The Labute approximate surface area is 533 Å². The Morgan fingerprint density at radius 3 is 1.36 bits per heavy atom. The molecule has 0 fully saturated rings. The third-order valence-electron chi connectivity index (χ3n) is 22.4. The molecule has 4 heterocycles.